The highest BCUT2D eigenvalue weighted by atomic mass is 16.2. The number of hydrogen-bond donors (Lipinski definition) is 1. The molecule has 118 valence electrons. The Labute approximate surface area is 130 Å². The normalized spacial score (nSPS) is 18.1. The van der Waals surface area contributed by atoms with Gasteiger partial charge in [0, 0.05) is 37.1 Å². The summed E-state index contributed by atoms with van der Waals surface area (Å²) in [6.07, 6.45) is 7.03. The molecule has 0 saturated carbocycles. The molecule has 0 unspecified atom stereocenters. The summed E-state index contributed by atoms with van der Waals surface area (Å²) in [6, 6.07) is 2.26. The lowest BCUT2D eigenvalue weighted by Gasteiger charge is -2.41. The van der Waals surface area contributed by atoms with Crippen LogP contribution in [0.5, 0.6) is 0 Å². The van der Waals surface area contributed by atoms with E-state index in [2.05, 4.69) is 36.2 Å². The van der Waals surface area contributed by atoms with Crippen molar-refractivity contribution < 1.29 is 4.79 Å². The van der Waals surface area contributed by atoms with Crippen LogP contribution in [0.2, 0.25) is 0 Å². The Morgan fingerprint density at radius 3 is 2.77 bits per heavy atom. The molecule has 1 saturated heterocycles. The van der Waals surface area contributed by atoms with Gasteiger partial charge in [-0.15, -0.1) is 0 Å². The number of likely N-dealkylation sites (tertiary alicyclic amines) is 1. The predicted octanol–water partition coefficient (Wildman–Crippen LogP) is 1.72. The fourth-order valence-corrected chi connectivity index (χ4v) is 3.19. The maximum atomic E-state index is 12.7. The van der Waals surface area contributed by atoms with Gasteiger partial charge in [0.05, 0.1) is 6.20 Å². The molecule has 1 aliphatic rings. The fourth-order valence-electron chi connectivity index (χ4n) is 3.19. The molecule has 0 bridgehead atoms. The van der Waals surface area contributed by atoms with Crippen LogP contribution < -0.4 is 5.32 Å². The average Bonchev–Trinajstić information content (AvgIpc) is 2.90. The zero-order chi connectivity index (χ0) is 15.7. The third-order valence-corrected chi connectivity index (χ3v) is 4.30. The van der Waals surface area contributed by atoms with Gasteiger partial charge in [-0.3, -0.25) is 4.79 Å². The number of aromatic nitrogens is 3. The summed E-state index contributed by atoms with van der Waals surface area (Å²) in [7, 11) is 0. The van der Waals surface area contributed by atoms with E-state index in [0.29, 0.717) is 17.3 Å². The number of hydrogen-bond acceptors (Lipinski definition) is 4. The number of carbonyl (C=O) groups excluding carboxylic acids is 1. The molecule has 3 rings (SSSR count). The first-order valence-corrected chi connectivity index (χ1v) is 7.84. The van der Waals surface area contributed by atoms with Crippen LogP contribution in [0.3, 0.4) is 0 Å². The molecule has 2 aromatic rings. The van der Waals surface area contributed by atoms with Crippen molar-refractivity contribution >= 4 is 11.6 Å². The second-order valence-electron chi connectivity index (χ2n) is 6.60. The highest BCUT2D eigenvalue weighted by Crippen LogP contribution is 2.24. The Kier molecular flexibility index (Phi) is 3.87. The first-order chi connectivity index (χ1) is 10.5. The highest BCUT2D eigenvalue weighted by molar-refractivity contribution is 5.99. The van der Waals surface area contributed by atoms with Crippen molar-refractivity contribution in [3.63, 3.8) is 0 Å². The van der Waals surface area contributed by atoms with Gasteiger partial charge in [0.2, 0.25) is 0 Å². The number of amides is 1. The minimum absolute atomic E-state index is 0.0281. The van der Waals surface area contributed by atoms with E-state index in [1.165, 1.54) is 0 Å². The molecule has 0 atom stereocenters. The minimum Gasteiger partial charge on any atom is -0.338 e. The summed E-state index contributed by atoms with van der Waals surface area (Å²) in [4.78, 5) is 18.9. The van der Waals surface area contributed by atoms with Crippen LogP contribution in [-0.2, 0) is 0 Å². The number of fused-ring (bicyclic) bond motifs is 1. The number of piperidine rings is 1. The number of nitrogens with one attached hydrogen (secondary N) is 1. The SMILES string of the molecule is CC(C)NC1(C)CCN(C(=O)c2cnn3cccnc23)CC1. The van der Waals surface area contributed by atoms with Gasteiger partial charge in [0.15, 0.2) is 5.65 Å². The molecule has 6 nitrogen and oxygen atoms in total. The van der Waals surface area contributed by atoms with Gasteiger partial charge in [-0.1, -0.05) is 13.8 Å². The predicted molar refractivity (Wildman–Crippen MR) is 84.8 cm³/mol. The van der Waals surface area contributed by atoms with E-state index in [1.54, 1.807) is 29.2 Å². The quantitative estimate of drug-likeness (QED) is 0.937. The fraction of sp³-hybridized carbons (Fsp3) is 0.562. The molecule has 1 aliphatic heterocycles. The molecule has 2 aromatic heterocycles. The van der Waals surface area contributed by atoms with Gasteiger partial charge in [0.25, 0.3) is 5.91 Å². The third kappa shape index (κ3) is 2.83. The van der Waals surface area contributed by atoms with Crippen LogP contribution in [0.15, 0.2) is 24.7 Å². The van der Waals surface area contributed by atoms with Gasteiger partial charge in [-0.05, 0) is 25.8 Å². The molecule has 0 spiro atoms. The molecule has 3 heterocycles. The Morgan fingerprint density at radius 1 is 1.36 bits per heavy atom. The topological polar surface area (TPSA) is 62.5 Å². The van der Waals surface area contributed by atoms with E-state index < -0.39 is 0 Å². The number of nitrogens with zero attached hydrogens (tertiary/aromatic N) is 4. The second kappa shape index (κ2) is 5.68. The summed E-state index contributed by atoms with van der Waals surface area (Å²) in [5.74, 6) is 0.0281. The average molecular weight is 301 g/mol. The van der Waals surface area contributed by atoms with Crippen LogP contribution in [0.25, 0.3) is 5.65 Å². The van der Waals surface area contributed by atoms with Gasteiger partial charge < -0.3 is 10.2 Å². The highest BCUT2D eigenvalue weighted by Gasteiger charge is 2.33. The van der Waals surface area contributed by atoms with Crippen molar-refractivity contribution in [3.8, 4) is 0 Å². The van der Waals surface area contributed by atoms with Gasteiger partial charge >= 0.3 is 0 Å². The van der Waals surface area contributed by atoms with E-state index in [0.717, 1.165) is 25.9 Å². The molecule has 6 heteroatoms. The lowest BCUT2D eigenvalue weighted by atomic mass is 9.88. The van der Waals surface area contributed by atoms with E-state index in [9.17, 15) is 4.79 Å². The summed E-state index contributed by atoms with van der Waals surface area (Å²) in [6.45, 7) is 8.09. The van der Waals surface area contributed by atoms with E-state index in [1.807, 2.05) is 4.90 Å². The summed E-state index contributed by atoms with van der Waals surface area (Å²) in [5, 5.41) is 7.81. The standard InChI is InChI=1S/C16H23N5O/c1-12(2)19-16(3)5-9-20(10-6-16)15(22)13-11-18-21-8-4-7-17-14(13)21/h4,7-8,11-12,19H,5-6,9-10H2,1-3H3. The van der Waals surface area contributed by atoms with Crippen molar-refractivity contribution in [3.05, 3.63) is 30.2 Å². The van der Waals surface area contributed by atoms with Crippen LogP contribution in [-0.4, -0.2) is 50.1 Å². The number of carbonyl (C=O) groups is 1. The minimum atomic E-state index is 0.0281. The smallest absolute Gasteiger partial charge is 0.259 e. The van der Waals surface area contributed by atoms with Gasteiger partial charge in [-0.2, -0.15) is 5.10 Å². The van der Waals surface area contributed by atoms with E-state index in [4.69, 9.17) is 0 Å². The molecule has 22 heavy (non-hydrogen) atoms. The lowest BCUT2D eigenvalue weighted by Crippen LogP contribution is -2.54. The molecular weight excluding hydrogens is 278 g/mol. The largest absolute Gasteiger partial charge is 0.338 e. The zero-order valence-electron chi connectivity index (χ0n) is 13.4. The summed E-state index contributed by atoms with van der Waals surface area (Å²) in [5.41, 5.74) is 1.33. The molecule has 1 fully saturated rings. The molecular formula is C16H23N5O. The molecule has 0 aliphatic carbocycles. The second-order valence-corrected chi connectivity index (χ2v) is 6.60. The van der Waals surface area contributed by atoms with Gasteiger partial charge in [0.1, 0.15) is 5.56 Å². The maximum absolute atomic E-state index is 12.7. The van der Waals surface area contributed by atoms with Crippen LogP contribution >= 0.6 is 0 Å². The zero-order valence-corrected chi connectivity index (χ0v) is 13.4. The van der Waals surface area contributed by atoms with Crippen molar-refractivity contribution in [1.29, 1.82) is 0 Å². The van der Waals surface area contributed by atoms with Gasteiger partial charge in [-0.25, -0.2) is 9.50 Å². The lowest BCUT2D eigenvalue weighted by molar-refractivity contribution is 0.0651. The van der Waals surface area contributed by atoms with Crippen molar-refractivity contribution in [2.45, 2.75) is 45.2 Å². The Bertz CT molecular complexity index is 670. The molecule has 0 radical (unpaired) electrons. The van der Waals surface area contributed by atoms with Crippen molar-refractivity contribution in [2.75, 3.05) is 13.1 Å². The Hall–Kier alpha value is -1.95. The van der Waals surface area contributed by atoms with Crippen LogP contribution in [0.1, 0.15) is 44.0 Å². The molecule has 1 N–H and O–H groups in total. The van der Waals surface area contributed by atoms with E-state index >= 15 is 0 Å². The number of rotatable bonds is 3. The Morgan fingerprint density at radius 2 is 2.09 bits per heavy atom. The van der Waals surface area contributed by atoms with Crippen molar-refractivity contribution in [2.24, 2.45) is 0 Å². The monoisotopic (exact) mass is 301 g/mol. The Balaban J connectivity index is 1.72. The molecule has 1 amide bonds. The van der Waals surface area contributed by atoms with E-state index in [-0.39, 0.29) is 11.4 Å². The van der Waals surface area contributed by atoms with Crippen LogP contribution in [0.4, 0.5) is 0 Å². The summed E-state index contributed by atoms with van der Waals surface area (Å²) < 4.78 is 1.64. The molecule has 0 aromatic carbocycles. The third-order valence-electron chi connectivity index (χ3n) is 4.30. The maximum Gasteiger partial charge on any atom is 0.259 e. The first kappa shape index (κ1) is 15.0. The van der Waals surface area contributed by atoms with Crippen molar-refractivity contribution in [1.82, 2.24) is 24.8 Å². The summed E-state index contributed by atoms with van der Waals surface area (Å²) >= 11 is 0. The first-order valence-electron chi connectivity index (χ1n) is 7.84. The van der Waals surface area contributed by atoms with Crippen LogP contribution in [0, 0.1) is 0 Å².